The molecule has 21 heavy (non-hydrogen) atoms. The maximum absolute atomic E-state index is 12.1. The van der Waals surface area contributed by atoms with Crippen LogP contribution in [0.3, 0.4) is 0 Å². The highest BCUT2D eigenvalue weighted by atomic mass is 32.2. The first-order chi connectivity index (χ1) is 9.80. The first kappa shape index (κ1) is 14.6. The van der Waals surface area contributed by atoms with Gasteiger partial charge in [0.1, 0.15) is 12.1 Å². The van der Waals surface area contributed by atoms with Crippen molar-refractivity contribution in [1.82, 2.24) is 14.5 Å². The highest BCUT2D eigenvalue weighted by molar-refractivity contribution is 8.14. The summed E-state index contributed by atoms with van der Waals surface area (Å²) < 4.78 is 31.5. The number of hydrogen-bond donors (Lipinski definition) is 2. The van der Waals surface area contributed by atoms with E-state index in [1.54, 1.807) is 0 Å². The molecule has 3 fully saturated rings. The Morgan fingerprint density at radius 3 is 2.62 bits per heavy atom. The highest BCUT2D eigenvalue weighted by Gasteiger charge is 2.60. The molecule has 0 radical (unpaired) electrons. The SMILES string of the molecule is O=C1SCCC1NC(=O)N1CC[C@@H]2[C@H]1C(=O)N2S(=O)(=O)O. The predicted octanol–water partition coefficient (Wildman–Crippen LogP) is -1.18. The number of thioether (sulfide) groups is 1. The lowest BCUT2D eigenvalue weighted by atomic mass is 10.0. The number of amides is 3. The van der Waals surface area contributed by atoms with E-state index in [-0.39, 0.29) is 18.1 Å². The van der Waals surface area contributed by atoms with E-state index in [4.69, 9.17) is 4.55 Å². The number of nitrogens with zero attached hydrogens (tertiary/aromatic N) is 2. The van der Waals surface area contributed by atoms with Gasteiger partial charge in [-0.15, -0.1) is 0 Å². The molecule has 0 spiro atoms. The number of fused-ring (bicyclic) bond motifs is 1. The maximum atomic E-state index is 12.1. The molecule has 3 rings (SSSR count). The number of β-lactam (4-membered cyclic amide) rings is 1. The molecule has 116 valence electrons. The molecular weight excluding hydrogens is 322 g/mol. The van der Waals surface area contributed by atoms with Gasteiger partial charge in [-0.05, 0) is 12.8 Å². The topological polar surface area (TPSA) is 124 Å². The molecule has 0 aromatic heterocycles. The normalized spacial score (nSPS) is 32.1. The molecule has 3 saturated heterocycles. The van der Waals surface area contributed by atoms with Crippen LogP contribution < -0.4 is 5.32 Å². The van der Waals surface area contributed by atoms with Crippen molar-refractivity contribution in [1.29, 1.82) is 0 Å². The lowest BCUT2D eigenvalue weighted by molar-refractivity contribution is -0.143. The molecular formula is C10H13N3O6S2. The zero-order valence-corrected chi connectivity index (χ0v) is 12.4. The van der Waals surface area contributed by atoms with Gasteiger partial charge in [0.25, 0.3) is 5.91 Å². The quantitative estimate of drug-likeness (QED) is 0.480. The Hall–Kier alpha value is -1.33. The Morgan fingerprint density at radius 2 is 2.05 bits per heavy atom. The second-order valence-corrected chi connectivity index (χ2v) is 7.45. The van der Waals surface area contributed by atoms with Crippen molar-refractivity contribution in [3.8, 4) is 0 Å². The summed E-state index contributed by atoms with van der Waals surface area (Å²) in [6.45, 7) is 0.201. The molecule has 3 aliphatic rings. The van der Waals surface area contributed by atoms with E-state index in [1.807, 2.05) is 0 Å². The van der Waals surface area contributed by atoms with Crippen molar-refractivity contribution >= 4 is 39.1 Å². The third-order valence-electron chi connectivity index (χ3n) is 3.88. The second-order valence-electron chi connectivity index (χ2n) is 5.06. The molecule has 3 atom stereocenters. The summed E-state index contributed by atoms with van der Waals surface area (Å²) in [6.07, 6.45) is 0.819. The number of likely N-dealkylation sites (tertiary alicyclic amines) is 1. The van der Waals surface area contributed by atoms with Gasteiger partial charge in [-0.2, -0.15) is 8.42 Å². The maximum Gasteiger partial charge on any atom is 0.362 e. The predicted molar refractivity (Wildman–Crippen MR) is 71.7 cm³/mol. The van der Waals surface area contributed by atoms with Gasteiger partial charge in [-0.3, -0.25) is 14.1 Å². The van der Waals surface area contributed by atoms with E-state index in [2.05, 4.69) is 5.32 Å². The van der Waals surface area contributed by atoms with Gasteiger partial charge in [0.05, 0.1) is 6.04 Å². The van der Waals surface area contributed by atoms with Crippen molar-refractivity contribution in [2.75, 3.05) is 12.3 Å². The summed E-state index contributed by atoms with van der Waals surface area (Å²) >= 11 is 1.15. The lowest BCUT2D eigenvalue weighted by Gasteiger charge is -2.42. The van der Waals surface area contributed by atoms with E-state index in [1.165, 1.54) is 4.90 Å². The first-order valence-electron chi connectivity index (χ1n) is 6.35. The molecule has 9 nitrogen and oxygen atoms in total. The fourth-order valence-electron chi connectivity index (χ4n) is 2.90. The molecule has 3 heterocycles. The average Bonchev–Trinajstić information content (AvgIpc) is 2.92. The minimum atomic E-state index is -4.58. The zero-order chi connectivity index (χ0) is 15.4. The molecule has 2 N–H and O–H groups in total. The number of carbonyl (C=O) groups excluding carboxylic acids is 3. The van der Waals surface area contributed by atoms with Gasteiger partial charge in [-0.1, -0.05) is 11.8 Å². The fourth-order valence-corrected chi connectivity index (χ4v) is 4.73. The van der Waals surface area contributed by atoms with Crippen LogP contribution in [0.2, 0.25) is 0 Å². The lowest BCUT2D eigenvalue weighted by Crippen LogP contribution is -2.69. The number of hydrogen-bond acceptors (Lipinski definition) is 6. The molecule has 0 aliphatic carbocycles. The van der Waals surface area contributed by atoms with E-state index in [0.717, 1.165) is 11.8 Å². The van der Waals surface area contributed by atoms with Gasteiger partial charge >= 0.3 is 16.3 Å². The smallest absolute Gasteiger partial charge is 0.327 e. The van der Waals surface area contributed by atoms with Gasteiger partial charge in [0, 0.05) is 12.3 Å². The third-order valence-corrected chi connectivity index (χ3v) is 5.84. The summed E-state index contributed by atoms with van der Waals surface area (Å²) in [6, 6.07) is -2.70. The Morgan fingerprint density at radius 1 is 1.33 bits per heavy atom. The Balaban J connectivity index is 1.68. The standard InChI is InChI=1S/C10H13N3O6S2/c14-8-7-6(13(8)21(17,18)19)1-3-12(7)10(16)11-5-2-4-20-9(5)15/h5-7H,1-4H2,(H,11,16)(H,17,18,19)/t5?,6-,7+/m1/s1. The first-order valence-corrected chi connectivity index (χ1v) is 8.73. The van der Waals surface area contributed by atoms with Crippen molar-refractivity contribution < 1.29 is 27.4 Å². The van der Waals surface area contributed by atoms with Crippen LogP contribution >= 0.6 is 11.8 Å². The van der Waals surface area contributed by atoms with E-state index in [0.29, 0.717) is 16.5 Å². The van der Waals surface area contributed by atoms with Crippen molar-refractivity contribution in [3.63, 3.8) is 0 Å². The van der Waals surface area contributed by atoms with Crippen LogP contribution in [0.1, 0.15) is 12.8 Å². The summed E-state index contributed by atoms with van der Waals surface area (Å²) in [5.41, 5.74) is 0. The summed E-state index contributed by atoms with van der Waals surface area (Å²) in [7, 11) is -4.58. The van der Waals surface area contributed by atoms with Crippen LogP contribution in [0.25, 0.3) is 0 Å². The van der Waals surface area contributed by atoms with Crippen molar-refractivity contribution in [3.05, 3.63) is 0 Å². The second kappa shape index (κ2) is 4.85. The molecule has 1 unspecified atom stereocenters. The van der Waals surface area contributed by atoms with Gasteiger partial charge in [-0.25, -0.2) is 9.10 Å². The zero-order valence-electron chi connectivity index (χ0n) is 10.8. The molecule has 11 heteroatoms. The van der Waals surface area contributed by atoms with Crippen LogP contribution in [-0.4, -0.2) is 69.7 Å². The monoisotopic (exact) mass is 335 g/mol. The molecule has 3 amide bonds. The van der Waals surface area contributed by atoms with Crippen molar-refractivity contribution in [2.24, 2.45) is 0 Å². The van der Waals surface area contributed by atoms with Crippen LogP contribution in [0.5, 0.6) is 0 Å². The summed E-state index contributed by atoms with van der Waals surface area (Å²) in [5, 5.41) is 2.45. The molecule has 0 aromatic rings. The summed E-state index contributed by atoms with van der Waals surface area (Å²) in [5.74, 6) is -0.173. The number of nitrogens with one attached hydrogen (secondary N) is 1. The number of carbonyl (C=O) groups is 3. The largest absolute Gasteiger partial charge is 0.362 e. The van der Waals surface area contributed by atoms with Crippen molar-refractivity contribution in [2.45, 2.75) is 31.0 Å². The van der Waals surface area contributed by atoms with E-state index >= 15 is 0 Å². The third kappa shape index (κ3) is 2.28. The van der Waals surface area contributed by atoms with Crippen LogP contribution in [0.4, 0.5) is 4.79 Å². The Bertz CT molecular complexity index is 620. The van der Waals surface area contributed by atoms with Crippen LogP contribution in [0.15, 0.2) is 0 Å². The van der Waals surface area contributed by atoms with Gasteiger partial charge < -0.3 is 10.2 Å². The van der Waals surface area contributed by atoms with E-state index in [9.17, 15) is 22.8 Å². The number of urea groups is 1. The number of rotatable bonds is 2. The highest BCUT2D eigenvalue weighted by Crippen LogP contribution is 2.35. The Kier molecular flexibility index (Phi) is 3.37. The summed E-state index contributed by atoms with van der Waals surface area (Å²) in [4.78, 5) is 36.6. The molecule has 0 aromatic carbocycles. The minimum Gasteiger partial charge on any atom is -0.327 e. The van der Waals surface area contributed by atoms with Crippen LogP contribution in [-0.2, 0) is 19.9 Å². The van der Waals surface area contributed by atoms with E-state index < -0.39 is 40.4 Å². The Labute approximate surface area is 124 Å². The molecule has 3 aliphatic heterocycles. The van der Waals surface area contributed by atoms with Crippen LogP contribution in [0, 0.1) is 0 Å². The molecule has 0 bridgehead atoms. The fraction of sp³-hybridized carbons (Fsp3) is 0.700. The molecule has 0 saturated carbocycles. The van der Waals surface area contributed by atoms with Gasteiger partial charge in [0.2, 0.25) is 5.12 Å². The van der Waals surface area contributed by atoms with Gasteiger partial charge in [0.15, 0.2) is 0 Å². The average molecular weight is 335 g/mol. The minimum absolute atomic E-state index is 0.112.